The maximum atomic E-state index is 11.5. The lowest BCUT2D eigenvalue weighted by Crippen LogP contribution is -2.28. The zero-order valence-electron chi connectivity index (χ0n) is 9.73. The van der Waals surface area contributed by atoms with Crippen LogP contribution in [0, 0.1) is 0 Å². The van der Waals surface area contributed by atoms with E-state index in [1.807, 2.05) is 24.1 Å². The van der Waals surface area contributed by atoms with E-state index < -0.39 is 0 Å². The molecule has 0 unspecified atom stereocenters. The standard InChI is InChI=1S/C12H17N3O/c1-9(16)15-8-4-6-11(15)10-5-3-7-14-12(10)13-2/h3,5,7,11H,4,6,8H2,1-2H3,(H,13,14)/t11-/m0/s1. The van der Waals surface area contributed by atoms with Crippen molar-refractivity contribution < 1.29 is 4.79 Å². The Morgan fingerprint density at radius 3 is 3.12 bits per heavy atom. The molecular weight excluding hydrogens is 202 g/mol. The summed E-state index contributed by atoms with van der Waals surface area (Å²) in [6, 6.07) is 4.16. The summed E-state index contributed by atoms with van der Waals surface area (Å²) in [5, 5.41) is 3.08. The van der Waals surface area contributed by atoms with E-state index in [0.29, 0.717) is 0 Å². The second-order valence-corrected chi connectivity index (χ2v) is 4.06. The van der Waals surface area contributed by atoms with Gasteiger partial charge in [0.15, 0.2) is 0 Å². The number of likely N-dealkylation sites (tertiary alicyclic amines) is 1. The predicted molar refractivity (Wildman–Crippen MR) is 63.1 cm³/mol. The number of nitrogens with one attached hydrogen (secondary N) is 1. The minimum absolute atomic E-state index is 0.147. The van der Waals surface area contributed by atoms with Gasteiger partial charge in [0, 0.05) is 32.3 Å². The van der Waals surface area contributed by atoms with Crippen molar-refractivity contribution in [1.82, 2.24) is 9.88 Å². The monoisotopic (exact) mass is 219 g/mol. The molecule has 4 heteroatoms. The van der Waals surface area contributed by atoms with E-state index in [0.717, 1.165) is 30.8 Å². The molecule has 4 nitrogen and oxygen atoms in total. The minimum atomic E-state index is 0.147. The Hall–Kier alpha value is -1.58. The van der Waals surface area contributed by atoms with Gasteiger partial charge in [-0.1, -0.05) is 6.07 Å². The van der Waals surface area contributed by atoms with Gasteiger partial charge in [0.1, 0.15) is 5.82 Å². The molecule has 16 heavy (non-hydrogen) atoms. The first-order valence-electron chi connectivity index (χ1n) is 5.64. The Labute approximate surface area is 95.7 Å². The SMILES string of the molecule is CNc1ncccc1[C@@H]1CCCN1C(C)=O. The van der Waals surface area contributed by atoms with E-state index in [4.69, 9.17) is 0 Å². The van der Waals surface area contributed by atoms with Crippen LogP contribution in [0.4, 0.5) is 5.82 Å². The first-order valence-corrected chi connectivity index (χ1v) is 5.64. The van der Waals surface area contributed by atoms with Crippen LogP contribution in [-0.2, 0) is 4.79 Å². The van der Waals surface area contributed by atoms with Gasteiger partial charge in [0.25, 0.3) is 0 Å². The highest BCUT2D eigenvalue weighted by atomic mass is 16.2. The van der Waals surface area contributed by atoms with Gasteiger partial charge in [0.2, 0.25) is 5.91 Å². The lowest BCUT2D eigenvalue weighted by atomic mass is 10.1. The molecule has 1 saturated heterocycles. The summed E-state index contributed by atoms with van der Waals surface area (Å²) in [5.41, 5.74) is 1.12. The number of amides is 1. The maximum absolute atomic E-state index is 11.5. The Kier molecular flexibility index (Phi) is 3.08. The van der Waals surface area contributed by atoms with Crippen LogP contribution in [0.5, 0.6) is 0 Å². The molecule has 1 N–H and O–H groups in total. The van der Waals surface area contributed by atoms with Crippen molar-refractivity contribution in [3.05, 3.63) is 23.9 Å². The number of hydrogen-bond acceptors (Lipinski definition) is 3. The first-order chi connectivity index (χ1) is 7.74. The molecule has 2 heterocycles. The van der Waals surface area contributed by atoms with Crippen LogP contribution in [0.3, 0.4) is 0 Å². The van der Waals surface area contributed by atoms with Gasteiger partial charge < -0.3 is 10.2 Å². The Balaban J connectivity index is 2.32. The number of nitrogens with zero attached hydrogens (tertiary/aromatic N) is 2. The fraction of sp³-hybridized carbons (Fsp3) is 0.500. The highest BCUT2D eigenvalue weighted by Gasteiger charge is 2.29. The third-order valence-corrected chi connectivity index (χ3v) is 3.09. The van der Waals surface area contributed by atoms with Crippen LogP contribution in [0.15, 0.2) is 18.3 Å². The van der Waals surface area contributed by atoms with Gasteiger partial charge in [-0.2, -0.15) is 0 Å². The fourth-order valence-electron chi connectivity index (χ4n) is 2.36. The average molecular weight is 219 g/mol. The van der Waals surface area contributed by atoms with Crippen LogP contribution < -0.4 is 5.32 Å². The summed E-state index contributed by atoms with van der Waals surface area (Å²) in [4.78, 5) is 17.7. The third kappa shape index (κ3) is 1.87. The molecule has 0 aromatic carbocycles. The highest BCUT2D eigenvalue weighted by molar-refractivity contribution is 5.74. The largest absolute Gasteiger partial charge is 0.373 e. The fourth-order valence-corrected chi connectivity index (χ4v) is 2.36. The zero-order chi connectivity index (χ0) is 11.5. The molecule has 0 saturated carbocycles. The lowest BCUT2D eigenvalue weighted by Gasteiger charge is -2.24. The van der Waals surface area contributed by atoms with Gasteiger partial charge in [0.05, 0.1) is 6.04 Å². The number of pyridine rings is 1. The number of carbonyl (C=O) groups is 1. The smallest absolute Gasteiger partial charge is 0.219 e. The predicted octanol–water partition coefficient (Wildman–Crippen LogP) is 1.81. The topological polar surface area (TPSA) is 45.2 Å². The van der Waals surface area contributed by atoms with E-state index in [2.05, 4.69) is 10.3 Å². The summed E-state index contributed by atoms with van der Waals surface area (Å²) < 4.78 is 0. The Bertz CT molecular complexity index is 392. The number of carbonyl (C=O) groups excluding carboxylic acids is 1. The Morgan fingerprint density at radius 2 is 2.44 bits per heavy atom. The average Bonchev–Trinajstić information content (AvgIpc) is 2.77. The lowest BCUT2D eigenvalue weighted by molar-refractivity contribution is -0.129. The van der Waals surface area contributed by atoms with E-state index >= 15 is 0 Å². The third-order valence-electron chi connectivity index (χ3n) is 3.09. The van der Waals surface area contributed by atoms with Crippen molar-refractivity contribution >= 4 is 11.7 Å². The summed E-state index contributed by atoms with van der Waals surface area (Å²) in [6.45, 7) is 2.49. The molecule has 86 valence electrons. The van der Waals surface area contributed by atoms with Crippen molar-refractivity contribution in [2.24, 2.45) is 0 Å². The number of rotatable bonds is 2. The summed E-state index contributed by atoms with van der Waals surface area (Å²) >= 11 is 0. The van der Waals surface area contributed by atoms with E-state index in [9.17, 15) is 4.79 Å². The highest BCUT2D eigenvalue weighted by Crippen LogP contribution is 2.34. The second-order valence-electron chi connectivity index (χ2n) is 4.06. The van der Waals surface area contributed by atoms with Crippen molar-refractivity contribution in [1.29, 1.82) is 0 Å². The van der Waals surface area contributed by atoms with Crippen molar-refractivity contribution in [3.8, 4) is 0 Å². The molecule has 1 aliphatic rings. The number of aromatic nitrogens is 1. The quantitative estimate of drug-likeness (QED) is 0.825. The van der Waals surface area contributed by atoms with Gasteiger partial charge in [-0.25, -0.2) is 4.98 Å². The van der Waals surface area contributed by atoms with E-state index in [-0.39, 0.29) is 11.9 Å². The van der Waals surface area contributed by atoms with Crippen LogP contribution in [-0.4, -0.2) is 29.4 Å². The molecule has 2 rings (SSSR count). The molecule has 1 atom stereocenters. The zero-order valence-corrected chi connectivity index (χ0v) is 9.73. The molecule has 1 aliphatic heterocycles. The second kappa shape index (κ2) is 4.51. The molecule has 1 aromatic rings. The van der Waals surface area contributed by atoms with Gasteiger partial charge in [-0.05, 0) is 18.9 Å². The van der Waals surface area contributed by atoms with Crippen molar-refractivity contribution in [2.75, 3.05) is 18.9 Å². The number of anilines is 1. The molecule has 1 amide bonds. The molecule has 0 spiro atoms. The minimum Gasteiger partial charge on any atom is -0.373 e. The molecule has 0 radical (unpaired) electrons. The molecular formula is C12H17N3O. The van der Waals surface area contributed by atoms with Crippen molar-refractivity contribution in [3.63, 3.8) is 0 Å². The van der Waals surface area contributed by atoms with Gasteiger partial charge in [-0.15, -0.1) is 0 Å². The van der Waals surface area contributed by atoms with Crippen LogP contribution >= 0.6 is 0 Å². The van der Waals surface area contributed by atoms with E-state index in [1.165, 1.54) is 0 Å². The van der Waals surface area contributed by atoms with Gasteiger partial charge in [-0.3, -0.25) is 4.79 Å². The molecule has 1 fully saturated rings. The summed E-state index contributed by atoms with van der Waals surface area (Å²) in [7, 11) is 1.86. The molecule has 1 aromatic heterocycles. The summed E-state index contributed by atoms with van der Waals surface area (Å²) in [5.74, 6) is 1.02. The van der Waals surface area contributed by atoms with Gasteiger partial charge >= 0.3 is 0 Å². The molecule has 0 bridgehead atoms. The van der Waals surface area contributed by atoms with Crippen LogP contribution in [0.2, 0.25) is 0 Å². The van der Waals surface area contributed by atoms with E-state index in [1.54, 1.807) is 13.1 Å². The van der Waals surface area contributed by atoms with Crippen LogP contribution in [0.25, 0.3) is 0 Å². The normalized spacial score (nSPS) is 19.9. The summed E-state index contributed by atoms with van der Waals surface area (Å²) in [6.07, 6.45) is 3.87. The first kappa shape index (κ1) is 10.9. The maximum Gasteiger partial charge on any atom is 0.219 e. The molecule has 0 aliphatic carbocycles. The van der Waals surface area contributed by atoms with Crippen LogP contribution in [0.1, 0.15) is 31.4 Å². The number of hydrogen-bond donors (Lipinski definition) is 1. The van der Waals surface area contributed by atoms with Crippen molar-refractivity contribution in [2.45, 2.75) is 25.8 Å². The Morgan fingerprint density at radius 1 is 1.62 bits per heavy atom.